The number of fused-ring (bicyclic) bond motifs is 1. The van der Waals surface area contributed by atoms with Crippen molar-refractivity contribution in [2.45, 2.75) is 36.4 Å². The van der Waals surface area contributed by atoms with Crippen molar-refractivity contribution in [3.8, 4) is 11.1 Å². The lowest BCUT2D eigenvalue weighted by Crippen LogP contribution is -2.43. The SMILES string of the molecule is NC(=O)c1ccc(-c2cnc(C(F)(F)F)nc2)cc1CCC(=O)[C@@H]1[C@H]2C[C@H]2CN1S(=O)(=O)c1ccc(F)cc1. The number of sulfonamides is 1. The molecule has 0 bridgehead atoms. The molecule has 2 heterocycles. The number of primary amides is 1. The van der Waals surface area contributed by atoms with Crippen molar-refractivity contribution in [1.29, 1.82) is 0 Å². The second kappa shape index (κ2) is 9.79. The predicted molar refractivity (Wildman–Crippen MR) is 130 cm³/mol. The number of rotatable bonds is 8. The number of halogens is 4. The van der Waals surface area contributed by atoms with Gasteiger partial charge in [-0.1, -0.05) is 12.1 Å². The third-order valence-corrected chi connectivity index (χ3v) is 8.97. The van der Waals surface area contributed by atoms with Crippen LogP contribution in [-0.2, 0) is 27.4 Å². The van der Waals surface area contributed by atoms with Gasteiger partial charge >= 0.3 is 6.18 Å². The van der Waals surface area contributed by atoms with E-state index in [9.17, 15) is 35.6 Å². The maximum absolute atomic E-state index is 13.4. The monoisotopic (exact) mass is 562 g/mol. The average Bonchev–Trinajstić information content (AvgIpc) is 3.55. The molecule has 1 aromatic heterocycles. The first kappa shape index (κ1) is 26.9. The molecule has 5 rings (SSSR count). The van der Waals surface area contributed by atoms with Gasteiger partial charge in [0.25, 0.3) is 0 Å². The van der Waals surface area contributed by atoms with Gasteiger partial charge in [0.1, 0.15) is 5.82 Å². The minimum Gasteiger partial charge on any atom is -0.366 e. The quantitative estimate of drug-likeness (QED) is 0.419. The number of amides is 1. The maximum atomic E-state index is 13.4. The van der Waals surface area contributed by atoms with Crippen LogP contribution >= 0.6 is 0 Å². The number of benzene rings is 2. The summed E-state index contributed by atoms with van der Waals surface area (Å²) in [6.45, 7) is 0.191. The molecule has 0 spiro atoms. The fraction of sp³-hybridized carbons (Fsp3) is 0.308. The van der Waals surface area contributed by atoms with E-state index in [1.165, 1.54) is 22.5 Å². The smallest absolute Gasteiger partial charge is 0.366 e. The number of ketones is 1. The van der Waals surface area contributed by atoms with Crippen molar-refractivity contribution in [1.82, 2.24) is 14.3 Å². The van der Waals surface area contributed by atoms with Crippen molar-refractivity contribution in [3.05, 3.63) is 77.6 Å². The maximum Gasteiger partial charge on any atom is 0.451 e. The van der Waals surface area contributed by atoms with Crippen molar-refractivity contribution in [3.63, 3.8) is 0 Å². The number of nitrogens with two attached hydrogens (primary N) is 1. The van der Waals surface area contributed by atoms with Gasteiger partial charge in [-0.3, -0.25) is 9.59 Å². The first-order chi connectivity index (χ1) is 18.4. The Morgan fingerprint density at radius 2 is 1.69 bits per heavy atom. The molecule has 3 atom stereocenters. The fourth-order valence-electron chi connectivity index (χ4n) is 5.06. The molecule has 39 heavy (non-hydrogen) atoms. The van der Waals surface area contributed by atoms with Crippen LogP contribution in [0.15, 0.2) is 59.8 Å². The Hall–Kier alpha value is -3.71. The zero-order valence-corrected chi connectivity index (χ0v) is 21.0. The van der Waals surface area contributed by atoms with E-state index < -0.39 is 39.8 Å². The summed E-state index contributed by atoms with van der Waals surface area (Å²) in [5.41, 5.74) is 6.69. The standard InChI is InChI=1S/C26H22F4N4O4S/c27-18-3-5-19(6-4-18)39(37,38)34-13-16-10-21(16)23(34)22(35)8-2-15-9-14(1-7-20(15)24(31)36)17-11-32-25(33-12-17)26(28,29)30/h1,3-7,9,11-12,16,21,23H,2,8,10,13H2,(H2,31,36)/t16-,21-,23-/m0/s1. The van der Waals surface area contributed by atoms with Gasteiger partial charge in [-0.15, -0.1) is 0 Å². The van der Waals surface area contributed by atoms with E-state index >= 15 is 0 Å². The van der Waals surface area contributed by atoms with E-state index in [1.54, 1.807) is 0 Å². The normalized spacial score (nSPS) is 21.0. The molecular weight excluding hydrogens is 540 g/mol. The van der Waals surface area contributed by atoms with Crippen molar-refractivity contribution in [2.24, 2.45) is 17.6 Å². The van der Waals surface area contributed by atoms with E-state index in [1.807, 2.05) is 0 Å². The van der Waals surface area contributed by atoms with Crippen LogP contribution in [0, 0.1) is 17.7 Å². The Bertz CT molecular complexity index is 1540. The highest BCUT2D eigenvalue weighted by molar-refractivity contribution is 7.89. The summed E-state index contributed by atoms with van der Waals surface area (Å²) in [5.74, 6) is -3.00. The highest BCUT2D eigenvalue weighted by Gasteiger charge is 2.58. The molecule has 0 radical (unpaired) electrons. The molecule has 2 fully saturated rings. The van der Waals surface area contributed by atoms with E-state index in [0.29, 0.717) is 11.1 Å². The molecule has 2 N–H and O–H groups in total. The van der Waals surface area contributed by atoms with Crippen LogP contribution in [0.1, 0.15) is 34.6 Å². The summed E-state index contributed by atoms with van der Waals surface area (Å²) in [4.78, 5) is 32.0. The van der Waals surface area contributed by atoms with Crippen LogP contribution in [0.5, 0.6) is 0 Å². The van der Waals surface area contributed by atoms with Gasteiger partial charge in [0.05, 0.1) is 10.9 Å². The number of carbonyl (C=O) groups is 2. The van der Waals surface area contributed by atoms with Gasteiger partial charge in [0.2, 0.25) is 21.8 Å². The molecule has 1 amide bonds. The van der Waals surface area contributed by atoms with E-state index in [0.717, 1.165) is 43.1 Å². The first-order valence-electron chi connectivity index (χ1n) is 12.0. The molecule has 1 saturated heterocycles. The highest BCUT2D eigenvalue weighted by Crippen LogP contribution is 2.51. The van der Waals surface area contributed by atoms with Crippen molar-refractivity contribution in [2.75, 3.05) is 6.54 Å². The molecule has 8 nitrogen and oxygen atoms in total. The first-order valence-corrected chi connectivity index (χ1v) is 13.4. The minimum absolute atomic E-state index is 0.0464. The van der Waals surface area contributed by atoms with E-state index in [-0.39, 0.29) is 53.0 Å². The van der Waals surface area contributed by atoms with Crippen LogP contribution in [0.4, 0.5) is 17.6 Å². The summed E-state index contributed by atoms with van der Waals surface area (Å²) in [6, 6.07) is 7.95. The van der Waals surface area contributed by atoms with Gasteiger partial charge in [0, 0.05) is 36.5 Å². The number of nitrogens with zero attached hydrogens (tertiary/aromatic N) is 3. The number of piperidine rings is 1. The fourth-order valence-corrected chi connectivity index (χ4v) is 6.78. The molecule has 204 valence electrons. The Kier molecular flexibility index (Phi) is 6.75. The second-order valence-electron chi connectivity index (χ2n) is 9.63. The minimum atomic E-state index is -4.70. The summed E-state index contributed by atoms with van der Waals surface area (Å²) < 4.78 is 79.4. The van der Waals surface area contributed by atoms with E-state index in [2.05, 4.69) is 9.97 Å². The predicted octanol–water partition coefficient (Wildman–Crippen LogP) is 3.61. The van der Waals surface area contributed by atoms with Gasteiger partial charge in [-0.2, -0.15) is 17.5 Å². The van der Waals surface area contributed by atoms with Crippen LogP contribution in [0.2, 0.25) is 0 Å². The summed E-state index contributed by atoms with van der Waals surface area (Å²) >= 11 is 0. The molecule has 0 unspecified atom stereocenters. The zero-order chi connectivity index (χ0) is 28.1. The summed E-state index contributed by atoms with van der Waals surface area (Å²) in [7, 11) is -4.04. The number of Topliss-reactive ketones (excluding diaryl/α,β-unsaturated/α-hetero) is 1. The Labute approximate surface area is 220 Å². The Morgan fingerprint density at radius 3 is 2.31 bits per heavy atom. The molecule has 13 heteroatoms. The van der Waals surface area contributed by atoms with Gasteiger partial charge < -0.3 is 5.73 Å². The number of hydrogen-bond donors (Lipinski definition) is 1. The largest absolute Gasteiger partial charge is 0.451 e. The van der Waals surface area contributed by atoms with Gasteiger partial charge in [0.15, 0.2) is 5.78 Å². The van der Waals surface area contributed by atoms with Crippen LogP contribution < -0.4 is 5.73 Å². The molecule has 2 aliphatic rings. The number of hydrogen-bond acceptors (Lipinski definition) is 6. The third-order valence-electron chi connectivity index (χ3n) is 7.11. The van der Waals surface area contributed by atoms with Crippen LogP contribution in [0.3, 0.4) is 0 Å². The van der Waals surface area contributed by atoms with Gasteiger partial charge in [-0.25, -0.2) is 22.8 Å². The molecular formula is C26H22F4N4O4S. The molecule has 2 aromatic carbocycles. The molecule has 1 aliphatic heterocycles. The van der Waals surface area contributed by atoms with Crippen LogP contribution in [0.25, 0.3) is 11.1 Å². The number of aromatic nitrogens is 2. The number of aryl methyl sites for hydroxylation is 1. The van der Waals surface area contributed by atoms with E-state index in [4.69, 9.17) is 5.73 Å². The van der Waals surface area contributed by atoms with Crippen molar-refractivity contribution >= 4 is 21.7 Å². The van der Waals surface area contributed by atoms with Crippen LogP contribution in [-0.4, -0.2) is 47.0 Å². The summed E-state index contributed by atoms with van der Waals surface area (Å²) in [6.07, 6.45) is -2.01. The van der Waals surface area contributed by atoms with Gasteiger partial charge in [-0.05, 0) is 66.1 Å². The third kappa shape index (κ3) is 5.28. The Balaban J connectivity index is 1.37. The average molecular weight is 563 g/mol. The number of carbonyl (C=O) groups excluding carboxylic acids is 2. The lowest BCUT2D eigenvalue weighted by atomic mass is 9.94. The second-order valence-corrected chi connectivity index (χ2v) is 11.5. The Morgan fingerprint density at radius 1 is 1.03 bits per heavy atom. The summed E-state index contributed by atoms with van der Waals surface area (Å²) in [5, 5.41) is 0. The number of alkyl halides is 3. The van der Waals surface area contributed by atoms with Crippen molar-refractivity contribution < 1.29 is 35.6 Å². The molecule has 3 aromatic rings. The highest BCUT2D eigenvalue weighted by atomic mass is 32.2. The molecule has 1 saturated carbocycles. The molecule has 1 aliphatic carbocycles. The lowest BCUT2D eigenvalue weighted by molar-refractivity contribution is -0.145. The topological polar surface area (TPSA) is 123 Å². The lowest BCUT2D eigenvalue weighted by Gasteiger charge is -2.26. The zero-order valence-electron chi connectivity index (χ0n) is 20.2.